The summed E-state index contributed by atoms with van der Waals surface area (Å²) in [5.74, 6) is 2.32. The molecule has 0 radical (unpaired) electrons. The number of nitrogens with one attached hydrogen (secondary N) is 1. The van der Waals surface area contributed by atoms with Crippen LogP contribution >= 0.6 is 0 Å². The molecule has 160 valence electrons. The number of ether oxygens (including phenoxy) is 1. The molecule has 31 heavy (non-hydrogen) atoms. The molecule has 0 saturated heterocycles. The van der Waals surface area contributed by atoms with Crippen molar-refractivity contribution in [3.05, 3.63) is 76.9 Å². The molecular formula is C24H26N4O3. The van der Waals surface area contributed by atoms with E-state index in [2.05, 4.69) is 26.9 Å². The van der Waals surface area contributed by atoms with E-state index in [9.17, 15) is 4.79 Å². The number of amides is 1. The van der Waals surface area contributed by atoms with Crippen LogP contribution in [0.25, 0.3) is 11.0 Å². The van der Waals surface area contributed by atoms with Gasteiger partial charge in [-0.05, 0) is 50.6 Å². The second-order valence-electron chi connectivity index (χ2n) is 7.45. The highest BCUT2D eigenvalue weighted by molar-refractivity contribution is 5.79. The molecule has 7 nitrogen and oxygen atoms in total. The molecule has 0 aliphatic rings. The van der Waals surface area contributed by atoms with Crippen molar-refractivity contribution in [2.75, 3.05) is 0 Å². The third kappa shape index (κ3) is 4.60. The molecule has 0 bridgehead atoms. The number of aryl methyl sites for hydroxylation is 3. The largest absolute Gasteiger partial charge is 0.489 e. The van der Waals surface area contributed by atoms with Crippen LogP contribution in [0.4, 0.5) is 0 Å². The third-order valence-electron chi connectivity index (χ3n) is 5.35. The Morgan fingerprint density at radius 1 is 1.13 bits per heavy atom. The molecule has 0 atom stereocenters. The van der Waals surface area contributed by atoms with Crippen molar-refractivity contribution in [3.63, 3.8) is 0 Å². The number of hydrogen-bond donors (Lipinski definition) is 1. The average molecular weight is 418 g/mol. The molecule has 1 amide bonds. The smallest absolute Gasteiger partial charge is 0.224 e. The van der Waals surface area contributed by atoms with E-state index in [-0.39, 0.29) is 5.91 Å². The van der Waals surface area contributed by atoms with E-state index in [1.165, 1.54) is 0 Å². The highest BCUT2D eigenvalue weighted by atomic mass is 16.5. The van der Waals surface area contributed by atoms with Gasteiger partial charge < -0.3 is 19.1 Å². The molecule has 4 aromatic rings. The molecule has 2 heterocycles. The number of carbonyl (C=O) groups excluding carboxylic acids is 1. The lowest BCUT2D eigenvalue weighted by Crippen LogP contribution is -2.26. The van der Waals surface area contributed by atoms with Gasteiger partial charge in [-0.2, -0.15) is 0 Å². The maximum atomic E-state index is 12.4. The fourth-order valence-electron chi connectivity index (χ4n) is 3.61. The van der Waals surface area contributed by atoms with Crippen molar-refractivity contribution in [3.8, 4) is 5.75 Å². The maximum Gasteiger partial charge on any atom is 0.224 e. The quantitative estimate of drug-likeness (QED) is 0.466. The van der Waals surface area contributed by atoms with Gasteiger partial charge in [-0.15, -0.1) is 0 Å². The molecule has 2 aromatic carbocycles. The fraction of sp³-hybridized carbons (Fsp3) is 0.292. The minimum atomic E-state index is -0.0425. The molecule has 0 aliphatic heterocycles. The Kier molecular flexibility index (Phi) is 6.02. The molecule has 0 spiro atoms. The number of nitrogens with zero attached hydrogens (tertiary/aromatic N) is 3. The van der Waals surface area contributed by atoms with Crippen LogP contribution in [0.15, 0.2) is 53.1 Å². The van der Waals surface area contributed by atoms with Crippen LogP contribution in [0.2, 0.25) is 0 Å². The Morgan fingerprint density at radius 2 is 1.90 bits per heavy atom. The molecule has 0 unspecified atom stereocenters. The van der Waals surface area contributed by atoms with Gasteiger partial charge in [0.15, 0.2) is 0 Å². The van der Waals surface area contributed by atoms with Crippen LogP contribution in [-0.4, -0.2) is 20.6 Å². The number of hydrogen-bond acceptors (Lipinski definition) is 5. The monoisotopic (exact) mass is 418 g/mol. The summed E-state index contributed by atoms with van der Waals surface area (Å²) in [4.78, 5) is 17.1. The van der Waals surface area contributed by atoms with Gasteiger partial charge in [0.1, 0.15) is 23.9 Å². The van der Waals surface area contributed by atoms with Gasteiger partial charge in [0.2, 0.25) is 5.91 Å². The predicted octanol–water partition coefficient (Wildman–Crippen LogP) is 4.10. The number of para-hydroxylation sites is 2. The van der Waals surface area contributed by atoms with Crippen LogP contribution in [0.5, 0.6) is 5.75 Å². The van der Waals surface area contributed by atoms with Crippen LogP contribution in [-0.2, 0) is 30.9 Å². The van der Waals surface area contributed by atoms with Crippen molar-refractivity contribution in [1.82, 2.24) is 20.0 Å². The van der Waals surface area contributed by atoms with Crippen molar-refractivity contribution in [2.24, 2.45) is 0 Å². The van der Waals surface area contributed by atoms with E-state index in [1.807, 2.05) is 62.4 Å². The number of carbonyl (C=O) groups is 1. The van der Waals surface area contributed by atoms with Crippen molar-refractivity contribution in [2.45, 2.75) is 46.9 Å². The van der Waals surface area contributed by atoms with Crippen molar-refractivity contribution >= 4 is 16.9 Å². The summed E-state index contributed by atoms with van der Waals surface area (Å²) in [6, 6.07) is 15.6. The summed E-state index contributed by atoms with van der Waals surface area (Å²) in [7, 11) is 0. The van der Waals surface area contributed by atoms with Gasteiger partial charge in [0.25, 0.3) is 0 Å². The Hall–Kier alpha value is -3.61. The van der Waals surface area contributed by atoms with Crippen molar-refractivity contribution < 1.29 is 14.1 Å². The first-order chi connectivity index (χ1) is 15.0. The lowest BCUT2D eigenvalue weighted by molar-refractivity contribution is -0.120. The Bertz CT molecular complexity index is 1170. The SMILES string of the molecule is CCn1c(CNC(=O)Cc2ccc(OCc3c(C)noc3C)cc2)nc2ccccc21. The number of imidazole rings is 1. The first kappa shape index (κ1) is 20.7. The maximum absolute atomic E-state index is 12.4. The van der Waals surface area contributed by atoms with Crippen LogP contribution in [0.1, 0.15) is 35.3 Å². The number of benzene rings is 2. The van der Waals surface area contributed by atoms with E-state index in [4.69, 9.17) is 9.26 Å². The minimum absolute atomic E-state index is 0.0425. The van der Waals surface area contributed by atoms with Crippen LogP contribution < -0.4 is 10.1 Å². The lowest BCUT2D eigenvalue weighted by atomic mass is 10.1. The van der Waals surface area contributed by atoms with Gasteiger partial charge in [0, 0.05) is 6.54 Å². The Labute approximate surface area is 181 Å². The zero-order chi connectivity index (χ0) is 21.8. The van der Waals surface area contributed by atoms with Gasteiger partial charge >= 0.3 is 0 Å². The highest BCUT2D eigenvalue weighted by Gasteiger charge is 2.12. The van der Waals surface area contributed by atoms with E-state index in [0.717, 1.165) is 51.7 Å². The second-order valence-corrected chi connectivity index (χ2v) is 7.45. The predicted molar refractivity (Wildman–Crippen MR) is 118 cm³/mol. The average Bonchev–Trinajstić information content (AvgIpc) is 3.30. The molecule has 1 N–H and O–H groups in total. The molecule has 7 heteroatoms. The summed E-state index contributed by atoms with van der Waals surface area (Å²) >= 11 is 0. The standard InChI is InChI=1S/C24H26N4O3/c1-4-28-22-8-6-5-7-21(22)26-23(28)14-25-24(29)13-18-9-11-19(12-10-18)30-15-20-16(2)27-31-17(20)3/h5-12H,4,13-15H2,1-3H3,(H,25,29). The zero-order valence-electron chi connectivity index (χ0n) is 18.0. The summed E-state index contributed by atoms with van der Waals surface area (Å²) < 4.78 is 13.1. The van der Waals surface area contributed by atoms with E-state index >= 15 is 0 Å². The topological polar surface area (TPSA) is 82.2 Å². The van der Waals surface area contributed by atoms with E-state index in [1.54, 1.807) is 0 Å². The van der Waals surface area contributed by atoms with Gasteiger partial charge in [-0.25, -0.2) is 4.98 Å². The Morgan fingerprint density at radius 3 is 2.61 bits per heavy atom. The molecule has 0 saturated carbocycles. The fourth-order valence-corrected chi connectivity index (χ4v) is 3.61. The minimum Gasteiger partial charge on any atom is -0.489 e. The highest BCUT2D eigenvalue weighted by Crippen LogP contribution is 2.19. The first-order valence-corrected chi connectivity index (χ1v) is 10.4. The Balaban J connectivity index is 1.32. The van der Waals surface area contributed by atoms with Gasteiger partial charge in [-0.1, -0.05) is 29.4 Å². The first-order valence-electron chi connectivity index (χ1n) is 10.4. The molecule has 4 rings (SSSR count). The summed E-state index contributed by atoms with van der Waals surface area (Å²) in [6.07, 6.45) is 0.302. The number of fused-ring (bicyclic) bond motifs is 1. The van der Waals surface area contributed by atoms with Crippen LogP contribution in [0, 0.1) is 13.8 Å². The summed E-state index contributed by atoms with van der Waals surface area (Å²) in [5, 5.41) is 6.92. The molecular weight excluding hydrogens is 392 g/mol. The molecule has 2 aromatic heterocycles. The van der Waals surface area contributed by atoms with E-state index in [0.29, 0.717) is 19.6 Å². The second kappa shape index (κ2) is 9.04. The number of aromatic nitrogens is 3. The molecule has 0 fully saturated rings. The van der Waals surface area contributed by atoms with Crippen molar-refractivity contribution in [1.29, 1.82) is 0 Å². The van der Waals surface area contributed by atoms with Crippen LogP contribution in [0.3, 0.4) is 0 Å². The van der Waals surface area contributed by atoms with Gasteiger partial charge in [-0.3, -0.25) is 4.79 Å². The third-order valence-corrected chi connectivity index (χ3v) is 5.35. The van der Waals surface area contributed by atoms with Gasteiger partial charge in [0.05, 0.1) is 35.3 Å². The summed E-state index contributed by atoms with van der Waals surface area (Å²) in [6.45, 7) is 7.46. The zero-order valence-corrected chi connectivity index (χ0v) is 18.0. The van der Waals surface area contributed by atoms with E-state index < -0.39 is 0 Å². The summed E-state index contributed by atoms with van der Waals surface area (Å²) in [5.41, 5.74) is 4.75. The normalized spacial score (nSPS) is 11.1. The molecule has 0 aliphatic carbocycles. The lowest BCUT2D eigenvalue weighted by Gasteiger charge is -2.09. The number of rotatable bonds is 8.